The first-order chi connectivity index (χ1) is 11.7. The zero-order valence-corrected chi connectivity index (χ0v) is 15.0. The number of rotatable bonds is 6. The maximum atomic E-state index is 5.70. The molecule has 1 aliphatic heterocycles. The molecule has 1 aromatic heterocycles. The van der Waals surface area contributed by atoms with Crippen molar-refractivity contribution in [1.82, 2.24) is 14.8 Å². The van der Waals surface area contributed by atoms with Crippen LogP contribution in [-0.4, -0.2) is 55.2 Å². The summed E-state index contributed by atoms with van der Waals surface area (Å²) >= 11 is 1.58. The van der Waals surface area contributed by atoms with Crippen molar-refractivity contribution in [3.8, 4) is 11.5 Å². The summed E-state index contributed by atoms with van der Waals surface area (Å²) in [5.41, 5.74) is 6.92. The van der Waals surface area contributed by atoms with E-state index in [-0.39, 0.29) is 0 Å². The molecule has 2 aromatic rings. The van der Waals surface area contributed by atoms with Crippen LogP contribution in [0.15, 0.2) is 24.4 Å². The van der Waals surface area contributed by atoms with Crippen molar-refractivity contribution < 1.29 is 9.47 Å². The number of nitrogens with two attached hydrogens (primary N) is 1. The number of aromatic nitrogens is 1. The average molecular weight is 348 g/mol. The van der Waals surface area contributed by atoms with Crippen LogP contribution in [0.3, 0.4) is 0 Å². The van der Waals surface area contributed by atoms with Gasteiger partial charge in [-0.2, -0.15) is 0 Å². The van der Waals surface area contributed by atoms with Gasteiger partial charge in [-0.05, 0) is 17.7 Å². The van der Waals surface area contributed by atoms with E-state index in [9.17, 15) is 0 Å². The lowest BCUT2D eigenvalue weighted by Crippen LogP contribution is -2.45. The highest BCUT2D eigenvalue weighted by molar-refractivity contribution is 7.15. The summed E-state index contributed by atoms with van der Waals surface area (Å²) in [6, 6.07) is 6.06. The minimum Gasteiger partial charge on any atom is -0.497 e. The van der Waals surface area contributed by atoms with Crippen molar-refractivity contribution in [3.05, 3.63) is 34.8 Å². The van der Waals surface area contributed by atoms with Crippen LogP contribution in [0.1, 0.15) is 10.4 Å². The number of thiazole rings is 1. The highest BCUT2D eigenvalue weighted by Gasteiger charge is 2.18. The second-order valence-corrected chi connectivity index (χ2v) is 7.08. The highest BCUT2D eigenvalue weighted by atomic mass is 32.1. The third kappa shape index (κ3) is 4.37. The topological polar surface area (TPSA) is 63.9 Å². The van der Waals surface area contributed by atoms with Crippen molar-refractivity contribution in [1.29, 1.82) is 0 Å². The number of hydrogen-bond donors (Lipinski definition) is 1. The molecule has 1 saturated heterocycles. The number of piperazine rings is 1. The molecular formula is C17H24N4O2S. The molecule has 2 heterocycles. The van der Waals surface area contributed by atoms with E-state index in [1.165, 1.54) is 10.4 Å². The van der Waals surface area contributed by atoms with Crippen molar-refractivity contribution in [3.63, 3.8) is 0 Å². The molecule has 0 saturated carbocycles. The molecule has 3 rings (SSSR count). The first-order valence-electron chi connectivity index (χ1n) is 8.03. The van der Waals surface area contributed by atoms with E-state index in [0.29, 0.717) is 5.13 Å². The Hall–Kier alpha value is -1.83. The van der Waals surface area contributed by atoms with Gasteiger partial charge < -0.3 is 15.2 Å². The average Bonchev–Trinajstić information content (AvgIpc) is 3.01. The molecule has 6 nitrogen and oxygen atoms in total. The van der Waals surface area contributed by atoms with E-state index in [1.54, 1.807) is 25.6 Å². The van der Waals surface area contributed by atoms with Gasteiger partial charge in [0.25, 0.3) is 0 Å². The summed E-state index contributed by atoms with van der Waals surface area (Å²) in [6.07, 6.45) is 1.88. The molecule has 0 radical (unpaired) electrons. The van der Waals surface area contributed by atoms with Gasteiger partial charge in [0.2, 0.25) is 0 Å². The van der Waals surface area contributed by atoms with Crippen LogP contribution in [0.2, 0.25) is 0 Å². The minimum atomic E-state index is 0.649. The summed E-state index contributed by atoms with van der Waals surface area (Å²) in [6.45, 7) is 6.06. The number of methoxy groups -OCH3 is 2. The summed E-state index contributed by atoms with van der Waals surface area (Å²) in [5.74, 6) is 1.68. The van der Waals surface area contributed by atoms with Crippen LogP contribution in [-0.2, 0) is 13.1 Å². The van der Waals surface area contributed by atoms with Crippen LogP contribution in [0, 0.1) is 0 Å². The van der Waals surface area contributed by atoms with Gasteiger partial charge in [-0.15, -0.1) is 11.3 Å². The Bertz CT molecular complexity index is 646. The smallest absolute Gasteiger partial charge is 0.180 e. The van der Waals surface area contributed by atoms with Gasteiger partial charge in [0.15, 0.2) is 5.13 Å². The van der Waals surface area contributed by atoms with Gasteiger partial charge in [0.1, 0.15) is 11.5 Å². The van der Waals surface area contributed by atoms with Gasteiger partial charge in [-0.1, -0.05) is 0 Å². The lowest BCUT2D eigenvalue weighted by atomic mass is 10.1. The quantitative estimate of drug-likeness (QED) is 0.862. The van der Waals surface area contributed by atoms with E-state index >= 15 is 0 Å². The Labute approximate surface area is 146 Å². The van der Waals surface area contributed by atoms with Crippen LogP contribution in [0.4, 0.5) is 5.13 Å². The van der Waals surface area contributed by atoms with Gasteiger partial charge >= 0.3 is 0 Å². The van der Waals surface area contributed by atoms with E-state index in [2.05, 4.69) is 26.9 Å². The van der Waals surface area contributed by atoms with Crippen molar-refractivity contribution in [2.75, 3.05) is 46.1 Å². The molecule has 1 fully saturated rings. The Morgan fingerprint density at radius 1 is 1.00 bits per heavy atom. The van der Waals surface area contributed by atoms with Gasteiger partial charge in [0, 0.05) is 56.4 Å². The molecule has 0 bridgehead atoms. The third-order valence-electron chi connectivity index (χ3n) is 4.23. The molecular weight excluding hydrogens is 324 g/mol. The zero-order valence-electron chi connectivity index (χ0n) is 14.2. The van der Waals surface area contributed by atoms with Gasteiger partial charge in [-0.3, -0.25) is 9.80 Å². The largest absolute Gasteiger partial charge is 0.497 e. The lowest BCUT2D eigenvalue weighted by molar-refractivity contribution is 0.122. The van der Waals surface area contributed by atoms with E-state index in [0.717, 1.165) is 50.8 Å². The molecule has 1 aliphatic rings. The summed E-state index contributed by atoms with van der Waals surface area (Å²) < 4.78 is 10.7. The Morgan fingerprint density at radius 3 is 2.08 bits per heavy atom. The molecule has 0 aliphatic carbocycles. The summed E-state index contributed by atoms with van der Waals surface area (Å²) in [5, 5.41) is 0.649. The molecule has 2 N–H and O–H groups in total. The number of benzene rings is 1. The van der Waals surface area contributed by atoms with Crippen LogP contribution >= 0.6 is 11.3 Å². The predicted molar refractivity (Wildman–Crippen MR) is 96.6 cm³/mol. The molecule has 0 amide bonds. The number of nitrogens with zero attached hydrogens (tertiary/aromatic N) is 3. The van der Waals surface area contributed by atoms with Crippen LogP contribution < -0.4 is 15.2 Å². The highest BCUT2D eigenvalue weighted by Crippen LogP contribution is 2.24. The standard InChI is InChI=1S/C17H24N4O2S/c1-22-14-7-13(8-15(9-14)23-2)11-20-3-5-21(6-4-20)12-16-10-19-17(18)24-16/h7-10H,3-6,11-12H2,1-2H3,(H2,18,19). The van der Waals surface area contributed by atoms with Crippen LogP contribution in [0.25, 0.3) is 0 Å². The first-order valence-corrected chi connectivity index (χ1v) is 8.85. The monoisotopic (exact) mass is 348 g/mol. The molecule has 0 unspecified atom stereocenters. The number of nitrogen functional groups attached to an aromatic ring is 1. The Kier molecular flexibility index (Phi) is 5.55. The summed E-state index contributed by atoms with van der Waals surface area (Å²) in [4.78, 5) is 10.3. The molecule has 1 aromatic carbocycles. The van der Waals surface area contributed by atoms with Crippen molar-refractivity contribution in [2.45, 2.75) is 13.1 Å². The fraction of sp³-hybridized carbons (Fsp3) is 0.471. The molecule has 130 valence electrons. The van der Waals surface area contributed by atoms with Crippen LogP contribution in [0.5, 0.6) is 11.5 Å². The second-order valence-electron chi connectivity index (χ2n) is 5.94. The Balaban J connectivity index is 1.53. The van der Waals surface area contributed by atoms with E-state index in [1.807, 2.05) is 12.3 Å². The molecule has 24 heavy (non-hydrogen) atoms. The molecule has 0 atom stereocenters. The number of anilines is 1. The fourth-order valence-corrected chi connectivity index (χ4v) is 3.66. The van der Waals surface area contributed by atoms with E-state index in [4.69, 9.17) is 15.2 Å². The lowest BCUT2D eigenvalue weighted by Gasteiger charge is -2.34. The SMILES string of the molecule is COc1cc(CN2CCN(Cc3cnc(N)s3)CC2)cc(OC)c1. The fourth-order valence-electron chi connectivity index (χ4n) is 2.94. The summed E-state index contributed by atoms with van der Waals surface area (Å²) in [7, 11) is 3.37. The predicted octanol–water partition coefficient (Wildman–Crippen LogP) is 2.06. The molecule has 0 spiro atoms. The minimum absolute atomic E-state index is 0.649. The Morgan fingerprint density at radius 2 is 1.58 bits per heavy atom. The second kappa shape index (κ2) is 7.83. The third-order valence-corrected chi connectivity index (χ3v) is 5.04. The molecule has 7 heteroatoms. The van der Waals surface area contributed by atoms with Gasteiger partial charge in [-0.25, -0.2) is 4.98 Å². The maximum absolute atomic E-state index is 5.70. The maximum Gasteiger partial charge on any atom is 0.180 e. The number of hydrogen-bond acceptors (Lipinski definition) is 7. The number of ether oxygens (including phenoxy) is 2. The van der Waals surface area contributed by atoms with Crippen molar-refractivity contribution >= 4 is 16.5 Å². The van der Waals surface area contributed by atoms with E-state index < -0.39 is 0 Å². The normalized spacial score (nSPS) is 16.2. The van der Waals surface area contributed by atoms with Crippen molar-refractivity contribution in [2.24, 2.45) is 0 Å². The zero-order chi connectivity index (χ0) is 16.9. The van der Waals surface area contributed by atoms with Gasteiger partial charge in [0.05, 0.1) is 14.2 Å². The first kappa shape index (κ1) is 17.0.